The quantitative estimate of drug-likeness (QED) is 0.281. The Bertz CT molecular complexity index is 1860. The van der Waals surface area contributed by atoms with Crippen LogP contribution < -0.4 is 10.2 Å². The second-order valence-electron chi connectivity index (χ2n) is 9.91. The number of carbonyl (C=O) groups excluding carboxylic acids is 3. The van der Waals surface area contributed by atoms with Gasteiger partial charge < -0.3 is 10.2 Å². The Morgan fingerprint density at radius 3 is 1.77 bits per heavy atom. The SMILES string of the molecule is O=C1C2=C(c3ccccc31)N(c1cccc(Cl)c1)C1=C(C(=O)c3ccccc31)C21C(=O)Nc2ccc(Cl)cc21. The van der Waals surface area contributed by atoms with Crippen LogP contribution in [0.5, 0.6) is 0 Å². The molecule has 0 bridgehead atoms. The van der Waals surface area contributed by atoms with Crippen LogP contribution in [0.15, 0.2) is 102 Å². The topological polar surface area (TPSA) is 66.5 Å². The molecule has 0 unspecified atom stereocenters. The molecule has 0 saturated carbocycles. The summed E-state index contributed by atoms with van der Waals surface area (Å²) in [6.07, 6.45) is 0. The van der Waals surface area contributed by atoms with Crippen molar-refractivity contribution < 1.29 is 14.4 Å². The highest BCUT2D eigenvalue weighted by molar-refractivity contribution is 6.40. The summed E-state index contributed by atoms with van der Waals surface area (Å²) in [5.41, 5.74) is 3.91. The Labute approximate surface area is 233 Å². The zero-order chi connectivity index (χ0) is 26.6. The second kappa shape index (κ2) is 7.56. The van der Waals surface area contributed by atoms with Crippen molar-refractivity contribution in [2.45, 2.75) is 5.41 Å². The minimum absolute atomic E-state index is 0.238. The van der Waals surface area contributed by atoms with Crippen LogP contribution in [-0.2, 0) is 10.2 Å². The van der Waals surface area contributed by atoms with E-state index in [1.54, 1.807) is 54.6 Å². The highest BCUT2D eigenvalue weighted by Crippen LogP contribution is 2.62. The van der Waals surface area contributed by atoms with Crippen LogP contribution in [0, 0.1) is 0 Å². The summed E-state index contributed by atoms with van der Waals surface area (Å²) < 4.78 is 0. The predicted molar refractivity (Wildman–Crippen MR) is 151 cm³/mol. The van der Waals surface area contributed by atoms with E-state index in [-0.39, 0.29) is 22.7 Å². The third kappa shape index (κ3) is 2.64. The fourth-order valence-corrected chi connectivity index (χ4v) is 6.93. The summed E-state index contributed by atoms with van der Waals surface area (Å²) in [4.78, 5) is 45.0. The van der Waals surface area contributed by atoms with Crippen molar-refractivity contribution >= 4 is 63.4 Å². The molecule has 186 valence electrons. The van der Waals surface area contributed by atoms with Gasteiger partial charge in [0.1, 0.15) is 5.41 Å². The fraction of sp³-hybridized carbons (Fsp3) is 0.0312. The van der Waals surface area contributed by atoms with Crippen LogP contribution in [0.3, 0.4) is 0 Å². The maximum absolute atomic E-state index is 14.4. The normalized spacial score (nSPS) is 17.8. The van der Waals surface area contributed by atoms with Gasteiger partial charge in [0, 0.05) is 60.4 Å². The number of carbonyl (C=O) groups is 3. The zero-order valence-corrected chi connectivity index (χ0v) is 21.6. The maximum Gasteiger partial charge on any atom is 0.244 e. The van der Waals surface area contributed by atoms with Crippen molar-refractivity contribution in [3.63, 3.8) is 0 Å². The summed E-state index contributed by atoms with van der Waals surface area (Å²) in [7, 11) is 0. The lowest BCUT2D eigenvalue weighted by molar-refractivity contribution is -0.118. The minimum atomic E-state index is -1.69. The first kappa shape index (κ1) is 22.5. The third-order valence-electron chi connectivity index (χ3n) is 8.02. The standard InChI is InChI=1S/C32H16Cl2N2O3/c33-16-6-5-7-18(14-16)36-27-19-8-1-3-10-21(19)29(37)25(27)32(23-15-17(34)12-13-24(23)35-31(32)39)26-28(36)20-9-2-4-11-22(20)30(26)38/h1-15H,(H,35,39). The lowest BCUT2D eigenvalue weighted by Gasteiger charge is -2.41. The van der Waals surface area contributed by atoms with Crippen LogP contribution in [0.4, 0.5) is 11.4 Å². The van der Waals surface area contributed by atoms with Crippen LogP contribution >= 0.6 is 23.2 Å². The van der Waals surface area contributed by atoms with Gasteiger partial charge in [0.05, 0.1) is 11.4 Å². The number of anilines is 2. The van der Waals surface area contributed by atoms with Crippen molar-refractivity contribution in [3.8, 4) is 0 Å². The number of hydrogen-bond donors (Lipinski definition) is 1. The third-order valence-corrected chi connectivity index (χ3v) is 8.49. The number of amides is 1. The molecule has 0 radical (unpaired) electrons. The molecule has 0 atom stereocenters. The Kier molecular flexibility index (Phi) is 4.37. The van der Waals surface area contributed by atoms with Gasteiger partial charge >= 0.3 is 0 Å². The highest BCUT2D eigenvalue weighted by Gasteiger charge is 2.64. The molecule has 7 heteroatoms. The van der Waals surface area contributed by atoms with Gasteiger partial charge in [-0.15, -0.1) is 0 Å². The van der Waals surface area contributed by atoms with Crippen molar-refractivity contribution in [3.05, 3.63) is 140 Å². The average Bonchev–Trinajstić information content (AvgIpc) is 3.51. The second-order valence-corrected chi connectivity index (χ2v) is 10.8. The molecule has 2 heterocycles. The van der Waals surface area contributed by atoms with Crippen molar-refractivity contribution in [1.82, 2.24) is 0 Å². The first-order valence-corrected chi connectivity index (χ1v) is 13.1. The lowest BCUT2D eigenvalue weighted by Crippen LogP contribution is -2.47. The number of hydrogen-bond acceptors (Lipinski definition) is 4. The molecule has 4 aromatic rings. The number of halogens is 2. The number of nitrogens with zero attached hydrogens (tertiary/aromatic N) is 1. The summed E-state index contributed by atoms with van der Waals surface area (Å²) in [5, 5.41) is 3.86. The predicted octanol–water partition coefficient (Wildman–Crippen LogP) is 6.92. The van der Waals surface area contributed by atoms with E-state index in [4.69, 9.17) is 23.2 Å². The van der Waals surface area contributed by atoms with Crippen LogP contribution in [0.2, 0.25) is 10.0 Å². The Morgan fingerprint density at radius 1 is 0.615 bits per heavy atom. The molecule has 1 N–H and O–H groups in total. The molecular formula is C32H16Cl2N2O3. The van der Waals surface area contributed by atoms with Gasteiger partial charge in [-0.25, -0.2) is 0 Å². The van der Waals surface area contributed by atoms with E-state index >= 15 is 0 Å². The van der Waals surface area contributed by atoms with E-state index in [1.807, 2.05) is 41.3 Å². The van der Waals surface area contributed by atoms with Crippen molar-refractivity contribution in [1.29, 1.82) is 0 Å². The van der Waals surface area contributed by atoms with Crippen molar-refractivity contribution in [2.75, 3.05) is 10.2 Å². The lowest BCUT2D eigenvalue weighted by atomic mass is 9.65. The molecule has 8 rings (SSSR count). The minimum Gasteiger partial charge on any atom is -0.324 e. The fourth-order valence-electron chi connectivity index (χ4n) is 6.57. The smallest absolute Gasteiger partial charge is 0.244 e. The van der Waals surface area contributed by atoms with E-state index in [9.17, 15) is 14.4 Å². The maximum atomic E-state index is 14.4. The Balaban J connectivity index is 1.59. The first-order valence-electron chi connectivity index (χ1n) is 12.4. The van der Waals surface area contributed by atoms with Gasteiger partial charge in [-0.2, -0.15) is 0 Å². The molecule has 0 fully saturated rings. The summed E-state index contributed by atoms with van der Waals surface area (Å²) >= 11 is 13.0. The average molecular weight is 547 g/mol. The molecular weight excluding hydrogens is 531 g/mol. The number of rotatable bonds is 1. The molecule has 0 saturated heterocycles. The highest BCUT2D eigenvalue weighted by atomic mass is 35.5. The van der Waals surface area contributed by atoms with E-state index in [0.717, 1.165) is 0 Å². The number of Topliss-reactive ketones (excluding diaryl/α,β-unsaturated/α-hetero) is 2. The van der Waals surface area contributed by atoms with Gasteiger partial charge in [-0.05, 0) is 36.4 Å². The number of benzene rings is 4. The van der Waals surface area contributed by atoms with Gasteiger partial charge in [0.2, 0.25) is 5.91 Å². The largest absolute Gasteiger partial charge is 0.324 e. The Morgan fingerprint density at radius 2 is 1.18 bits per heavy atom. The Hall–Kier alpha value is -4.45. The van der Waals surface area contributed by atoms with Crippen LogP contribution in [0.25, 0.3) is 11.4 Å². The molecule has 2 aliphatic carbocycles. The van der Waals surface area contributed by atoms with E-state index in [0.29, 0.717) is 60.6 Å². The van der Waals surface area contributed by atoms with Crippen molar-refractivity contribution in [2.24, 2.45) is 0 Å². The molecule has 2 aliphatic heterocycles. The number of nitrogens with one attached hydrogen (secondary N) is 1. The molecule has 4 aliphatic rings. The number of fused-ring (bicyclic) bond motifs is 8. The number of ketones is 2. The first-order chi connectivity index (χ1) is 18.9. The molecule has 1 amide bonds. The monoisotopic (exact) mass is 546 g/mol. The zero-order valence-electron chi connectivity index (χ0n) is 20.1. The summed E-state index contributed by atoms with van der Waals surface area (Å²) in [6, 6.07) is 26.9. The molecule has 4 aromatic carbocycles. The molecule has 1 spiro atoms. The van der Waals surface area contributed by atoms with Crippen LogP contribution in [-0.4, -0.2) is 17.5 Å². The molecule has 0 aromatic heterocycles. The van der Waals surface area contributed by atoms with E-state index in [1.165, 1.54) is 0 Å². The van der Waals surface area contributed by atoms with Gasteiger partial charge in [-0.3, -0.25) is 14.4 Å². The van der Waals surface area contributed by atoms with E-state index < -0.39 is 11.3 Å². The summed E-state index contributed by atoms with van der Waals surface area (Å²) in [6.45, 7) is 0. The van der Waals surface area contributed by atoms with E-state index in [2.05, 4.69) is 5.32 Å². The molecule has 5 nitrogen and oxygen atoms in total. The van der Waals surface area contributed by atoms with Gasteiger partial charge in [0.25, 0.3) is 0 Å². The summed E-state index contributed by atoms with van der Waals surface area (Å²) in [5.74, 6) is -1.05. The van der Waals surface area contributed by atoms with Crippen LogP contribution in [0.1, 0.15) is 37.4 Å². The molecule has 39 heavy (non-hydrogen) atoms. The van der Waals surface area contributed by atoms with Gasteiger partial charge in [0.15, 0.2) is 11.6 Å². The van der Waals surface area contributed by atoms with Gasteiger partial charge in [-0.1, -0.05) is 77.8 Å².